The summed E-state index contributed by atoms with van der Waals surface area (Å²) in [6.45, 7) is 3.61. The fraction of sp³-hybridized carbons (Fsp3) is 0.304. The highest BCUT2D eigenvalue weighted by Crippen LogP contribution is 2.24. The number of aromatic nitrogens is 2. The minimum atomic E-state index is -0.0379. The molecule has 0 fully saturated rings. The van der Waals surface area contributed by atoms with Gasteiger partial charge in [0, 0.05) is 24.3 Å². The second kappa shape index (κ2) is 9.85. The molecule has 1 atom stereocenters. The number of hydrogen-bond acceptors (Lipinski definition) is 4. The predicted molar refractivity (Wildman–Crippen MR) is 113 cm³/mol. The third-order valence-corrected chi connectivity index (χ3v) is 4.85. The largest absolute Gasteiger partial charge is 0.496 e. The van der Waals surface area contributed by atoms with E-state index in [1.807, 2.05) is 48.5 Å². The predicted octanol–water partition coefficient (Wildman–Crippen LogP) is 4.05. The molecule has 2 aromatic carbocycles. The Morgan fingerprint density at radius 3 is 2.57 bits per heavy atom. The van der Waals surface area contributed by atoms with Crippen molar-refractivity contribution in [3.8, 4) is 16.9 Å². The Kier molecular flexibility index (Phi) is 6.98. The highest BCUT2D eigenvalue weighted by atomic mass is 16.5. The maximum Gasteiger partial charge on any atom is 0.274 e. The van der Waals surface area contributed by atoms with Crippen LogP contribution in [0.2, 0.25) is 0 Å². The molecule has 5 nitrogen and oxygen atoms in total. The number of hydrogen-bond donors (Lipinski definition) is 1. The average molecular weight is 377 g/mol. The Bertz CT molecular complexity index is 938. The van der Waals surface area contributed by atoms with Gasteiger partial charge >= 0.3 is 0 Å². The molecule has 0 aliphatic carbocycles. The summed E-state index contributed by atoms with van der Waals surface area (Å²) in [5.41, 5.74) is 2.73. The molecule has 0 aliphatic heterocycles. The lowest BCUT2D eigenvalue weighted by atomic mass is 10.1. The smallest absolute Gasteiger partial charge is 0.274 e. The molecule has 1 N–H and O–H groups in total. The highest BCUT2D eigenvalue weighted by Gasteiger charge is 2.10. The van der Waals surface area contributed by atoms with E-state index in [4.69, 9.17) is 4.74 Å². The first-order valence-corrected chi connectivity index (χ1v) is 9.68. The summed E-state index contributed by atoms with van der Waals surface area (Å²) < 4.78 is 6.99. The van der Waals surface area contributed by atoms with Gasteiger partial charge in [-0.05, 0) is 44.0 Å². The lowest BCUT2D eigenvalue weighted by Gasteiger charge is -2.17. The summed E-state index contributed by atoms with van der Waals surface area (Å²) in [6, 6.07) is 19.8. The van der Waals surface area contributed by atoms with Gasteiger partial charge in [0.1, 0.15) is 5.75 Å². The molecule has 1 aromatic heterocycles. The number of benzene rings is 2. The number of rotatable bonds is 9. The maximum absolute atomic E-state index is 12.7. The number of ether oxygens (including phenoxy) is 1. The van der Waals surface area contributed by atoms with Gasteiger partial charge in [-0.3, -0.25) is 4.79 Å². The summed E-state index contributed by atoms with van der Waals surface area (Å²) in [5, 5.41) is 7.76. The lowest BCUT2D eigenvalue weighted by molar-refractivity contribution is 0.400. The number of aryl methyl sites for hydroxylation is 1. The molecule has 0 amide bonds. The van der Waals surface area contributed by atoms with Gasteiger partial charge < -0.3 is 10.1 Å². The first kappa shape index (κ1) is 19.8. The summed E-state index contributed by atoms with van der Waals surface area (Å²) in [6.07, 6.45) is 3.55. The van der Waals surface area contributed by atoms with E-state index in [1.165, 1.54) is 0 Å². The van der Waals surface area contributed by atoms with Gasteiger partial charge in [-0.2, -0.15) is 5.10 Å². The Hall–Kier alpha value is -2.92. The van der Waals surface area contributed by atoms with E-state index in [0.717, 1.165) is 36.3 Å². The first-order chi connectivity index (χ1) is 13.7. The van der Waals surface area contributed by atoms with Crippen LogP contribution in [0.3, 0.4) is 0 Å². The number of para-hydroxylation sites is 1. The van der Waals surface area contributed by atoms with Crippen LogP contribution in [0.15, 0.2) is 71.7 Å². The minimum absolute atomic E-state index is 0.0379. The fourth-order valence-corrected chi connectivity index (χ4v) is 3.29. The van der Waals surface area contributed by atoms with Crippen molar-refractivity contribution in [3.05, 3.63) is 82.8 Å². The molecule has 0 aliphatic rings. The number of nitrogens with zero attached hydrogens (tertiary/aromatic N) is 2. The van der Waals surface area contributed by atoms with E-state index in [9.17, 15) is 4.79 Å². The van der Waals surface area contributed by atoms with Crippen molar-refractivity contribution in [1.29, 1.82) is 0 Å². The summed E-state index contributed by atoms with van der Waals surface area (Å²) in [5.74, 6) is 0.899. The second-order valence-electron chi connectivity index (χ2n) is 6.76. The van der Waals surface area contributed by atoms with Crippen LogP contribution in [0.4, 0.5) is 0 Å². The average Bonchev–Trinajstić information content (AvgIpc) is 2.75. The number of unbranched alkanes of at least 4 members (excludes halogenated alkanes) is 1. The van der Waals surface area contributed by atoms with Crippen molar-refractivity contribution >= 4 is 0 Å². The van der Waals surface area contributed by atoms with E-state index in [1.54, 1.807) is 24.1 Å². The van der Waals surface area contributed by atoms with Crippen LogP contribution >= 0.6 is 0 Å². The van der Waals surface area contributed by atoms with Crippen LogP contribution in [-0.4, -0.2) is 23.4 Å². The van der Waals surface area contributed by atoms with Crippen LogP contribution < -0.4 is 15.6 Å². The molecule has 0 spiro atoms. The molecule has 1 heterocycles. The van der Waals surface area contributed by atoms with Crippen molar-refractivity contribution < 1.29 is 4.74 Å². The van der Waals surface area contributed by atoms with Gasteiger partial charge in [0.05, 0.1) is 12.7 Å². The van der Waals surface area contributed by atoms with Crippen LogP contribution in [0.5, 0.6) is 5.75 Å². The minimum Gasteiger partial charge on any atom is -0.496 e. The Morgan fingerprint density at radius 1 is 1.04 bits per heavy atom. The van der Waals surface area contributed by atoms with Gasteiger partial charge in [-0.25, -0.2) is 4.68 Å². The molecule has 146 valence electrons. The van der Waals surface area contributed by atoms with Crippen molar-refractivity contribution in [2.24, 2.45) is 0 Å². The zero-order valence-electron chi connectivity index (χ0n) is 16.5. The Morgan fingerprint density at radius 2 is 1.79 bits per heavy atom. The standard InChI is InChI=1S/C23H27N3O2/c1-18(20-12-6-7-13-22(20)28-2)24-15-8-9-17-26-23(27)21(14-16-25-26)19-10-4-3-5-11-19/h3-7,10-14,16,18,24H,8-9,15,17H2,1-2H3. The molecule has 0 radical (unpaired) electrons. The lowest BCUT2D eigenvalue weighted by Crippen LogP contribution is -2.25. The molecule has 1 unspecified atom stereocenters. The fourth-order valence-electron chi connectivity index (χ4n) is 3.29. The third-order valence-electron chi connectivity index (χ3n) is 4.85. The molecule has 3 rings (SSSR count). The molecule has 3 aromatic rings. The van der Waals surface area contributed by atoms with Crippen molar-refractivity contribution in [1.82, 2.24) is 15.1 Å². The maximum atomic E-state index is 12.7. The van der Waals surface area contributed by atoms with Crippen LogP contribution in [0.25, 0.3) is 11.1 Å². The molecular weight excluding hydrogens is 350 g/mol. The van der Waals surface area contributed by atoms with Gasteiger partial charge in [-0.1, -0.05) is 48.5 Å². The molecule has 0 saturated heterocycles. The Balaban J connectivity index is 1.51. The zero-order chi connectivity index (χ0) is 19.8. The molecule has 0 bridgehead atoms. The van der Waals surface area contributed by atoms with Gasteiger partial charge in [-0.15, -0.1) is 0 Å². The Labute approximate surface area is 166 Å². The quantitative estimate of drug-likeness (QED) is 0.572. The normalized spacial score (nSPS) is 11.9. The molecule has 5 heteroatoms. The van der Waals surface area contributed by atoms with Crippen molar-refractivity contribution in [2.45, 2.75) is 32.4 Å². The van der Waals surface area contributed by atoms with Crippen LogP contribution in [-0.2, 0) is 6.54 Å². The van der Waals surface area contributed by atoms with E-state index in [2.05, 4.69) is 23.4 Å². The number of nitrogens with one attached hydrogen (secondary N) is 1. The second-order valence-corrected chi connectivity index (χ2v) is 6.76. The third kappa shape index (κ3) is 4.87. The topological polar surface area (TPSA) is 56.1 Å². The van der Waals surface area contributed by atoms with Crippen molar-refractivity contribution in [2.75, 3.05) is 13.7 Å². The molecule has 0 saturated carbocycles. The van der Waals surface area contributed by atoms with Gasteiger partial charge in [0.15, 0.2) is 0 Å². The van der Waals surface area contributed by atoms with Crippen LogP contribution in [0.1, 0.15) is 31.4 Å². The monoisotopic (exact) mass is 377 g/mol. The van der Waals surface area contributed by atoms with Gasteiger partial charge in [0.2, 0.25) is 0 Å². The van der Waals surface area contributed by atoms with E-state index in [-0.39, 0.29) is 11.6 Å². The summed E-state index contributed by atoms with van der Waals surface area (Å²) in [7, 11) is 1.69. The molecule has 28 heavy (non-hydrogen) atoms. The molecular formula is C23H27N3O2. The van der Waals surface area contributed by atoms with E-state index >= 15 is 0 Å². The van der Waals surface area contributed by atoms with E-state index < -0.39 is 0 Å². The summed E-state index contributed by atoms with van der Waals surface area (Å²) >= 11 is 0. The summed E-state index contributed by atoms with van der Waals surface area (Å²) in [4.78, 5) is 12.7. The first-order valence-electron chi connectivity index (χ1n) is 9.68. The number of methoxy groups -OCH3 is 1. The van der Waals surface area contributed by atoms with Gasteiger partial charge in [0.25, 0.3) is 5.56 Å². The van der Waals surface area contributed by atoms with Crippen LogP contribution in [0, 0.1) is 0 Å². The van der Waals surface area contributed by atoms with Crippen molar-refractivity contribution in [3.63, 3.8) is 0 Å². The van der Waals surface area contributed by atoms with E-state index in [0.29, 0.717) is 12.1 Å². The SMILES string of the molecule is COc1ccccc1C(C)NCCCCn1nccc(-c2ccccc2)c1=O. The zero-order valence-corrected chi connectivity index (χ0v) is 16.5. The highest BCUT2D eigenvalue weighted by molar-refractivity contribution is 5.61.